The molecule has 0 unspecified atom stereocenters. The largest absolute Gasteiger partial charge is 0.392 e. The summed E-state index contributed by atoms with van der Waals surface area (Å²) >= 11 is 0. The van der Waals surface area contributed by atoms with Crippen molar-refractivity contribution in [2.45, 2.75) is 26.0 Å². The highest BCUT2D eigenvalue weighted by atomic mass is 16.3. The quantitative estimate of drug-likeness (QED) is 0.737. The first-order chi connectivity index (χ1) is 6.20. The van der Waals surface area contributed by atoms with E-state index in [0.29, 0.717) is 12.6 Å². The van der Waals surface area contributed by atoms with Gasteiger partial charge in [0.25, 0.3) is 0 Å². The molecule has 2 nitrogen and oxygen atoms in total. The van der Waals surface area contributed by atoms with Crippen molar-refractivity contribution in [1.29, 1.82) is 0 Å². The summed E-state index contributed by atoms with van der Waals surface area (Å²) in [6.07, 6.45) is -0.286. The van der Waals surface area contributed by atoms with E-state index in [9.17, 15) is 0 Å². The van der Waals surface area contributed by atoms with Crippen LogP contribution < -0.4 is 5.32 Å². The van der Waals surface area contributed by atoms with Crippen molar-refractivity contribution in [3.8, 4) is 0 Å². The van der Waals surface area contributed by atoms with Gasteiger partial charge in [-0.25, -0.2) is 0 Å². The van der Waals surface area contributed by atoms with Gasteiger partial charge in [-0.2, -0.15) is 0 Å². The molecule has 2 heteroatoms. The zero-order chi connectivity index (χ0) is 9.68. The molecule has 0 aliphatic heterocycles. The molecule has 72 valence electrons. The summed E-state index contributed by atoms with van der Waals surface area (Å²) in [7, 11) is 0. The Balaban J connectivity index is 2.44. The second-order valence-corrected chi connectivity index (χ2v) is 3.39. The van der Waals surface area contributed by atoms with Gasteiger partial charge in [-0.1, -0.05) is 30.3 Å². The molecule has 1 rings (SSSR count). The normalized spacial score (nSPS) is 15.3. The van der Waals surface area contributed by atoms with Crippen molar-refractivity contribution in [1.82, 2.24) is 5.32 Å². The molecule has 1 aromatic rings. The summed E-state index contributed by atoms with van der Waals surface area (Å²) in [5.41, 5.74) is 1.25. The van der Waals surface area contributed by atoms with E-state index in [-0.39, 0.29) is 6.10 Å². The van der Waals surface area contributed by atoms with Crippen molar-refractivity contribution >= 4 is 0 Å². The lowest BCUT2D eigenvalue weighted by molar-refractivity contribution is 0.187. The Morgan fingerprint density at radius 1 is 1.23 bits per heavy atom. The monoisotopic (exact) mass is 179 g/mol. The van der Waals surface area contributed by atoms with Crippen LogP contribution in [0.3, 0.4) is 0 Å². The van der Waals surface area contributed by atoms with Crippen LogP contribution in [0.15, 0.2) is 30.3 Å². The lowest BCUT2D eigenvalue weighted by Gasteiger charge is -2.15. The summed E-state index contributed by atoms with van der Waals surface area (Å²) < 4.78 is 0. The second-order valence-electron chi connectivity index (χ2n) is 3.39. The van der Waals surface area contributed by atoms with Gasteiger partial charge in [0.05, 0.1) is 6.10 Å². The minimum Gasteiger partial charge on any atom is -0.392 e. The van der Waals surface area contributed by atoms with Gasteiger partial charge >= 0.3 is 0 Å². The van der Waals surface area contributed by atoms with Crippen molar-refractivity contribution < 1.29 is 5.11 Å². The molecule has 0 heterocycles. The standard InChI is InChI=1S/C11H17NO/c1-9(13)8-12-10(2)11-6-4-3-5-7-11/h3-7,9-10,12-13H,8H2,1-2H3/t9-,10-/m0/s1. The molecule has 0 aliphatic rings. The average molecular weight is 179 g/mol. The van der Waals surface area contributed by atoms with Crippen LogP contribution in [0.25, 0.3) is 0 Å². The second kappa shape index (κ2) is 5.00. The van der Waals surface area contributed by atoms with Gasteiger partial charge in [0, 0.05) is 12.6 Å². The fourth-order valence-electron chi connectivity index (χ4n) is 1.21. The van der Waals surface area contributed by atoms with E-state index in [4.69, 9.17) is 5.11 Å². The van der Waals surface area contributed by atoms with Crippen LogP contribution in [0.4, 0.5) is 0 Å². The molecule has 0 bridgehead atoms. The van der Waals surface area contributed by atoms with E-state index < -0.39 is 0 Å². The van der Waals surface area contributed by atoms with Crippen LogP contribution in [0, 0.1) is 0 Å². The smallest absolute Gasteiger partial charge is 0.0636 e. The number of nitrogens with one attached hydrogen (secondary N) is 1. The molecule has 0 amide bonds. The summed E-state index contributed by atoms with van der Waals surface area (Å²) in [5.74, 6) is 0. The number of hydrogen-bond donors (Lipinski definition) is 2. The SMILES string of the molecule is C[C@H](O)CN[C@@H](C)c1ccccc1. The molecule has 0 aromatic heterocycles. The third kappa shape index (κ3) is 3.57. The topological polar surface area (TPSA) is 32.3 Å². The van der Waals surface area contributed by atoms with Crippen molar-refractivity contribution in [2.24, 2.45) is 0 Å². The zero-order valence-corrected chi connectivity index (χ0v) is 8.20. The number of hydrogen-bond acceptors (Lipinski definition) is 2. The van der Waals surface area contributed by atoms with Gasteiger partial charge in [0.1, 0.15) is 0 Å². The summed E-state index contributed by atoms with van der Waals surface area (Å²) in [6, 6.07) is 10.5. The van der Waals surface area contributed by atoms with Crippen molar-refractivity contribution in [2.75, 3.05) is 6.54 Å². The molecular weight excluding hydrogens is 162 g/mol. The molecule has 13 heavy (non-hydrogen) atoms. The summed E-state index contributed by atoms with van der Waals surface area (Å²) in [5, 5.41) is 12.3. The maximum atomic E-state index is 9.09. The molecule has 1 aromatic carbocycles. The number of rotatable bonds is 4. The van der Waals surface area contributed by atoms with E-state index in [1.165, 1.54) is 5.56 Å². The molecule has 2 N–H and O–H groups in total. The van der Waals surface area contributed by atoms with Gasteiger partial charge in [0.2, 0.25) is 0 Å². The molecule has 0 radical (unpaired) electrons. The van der Waals surface area contributed by atoms with Crippen LogP contribution in [0.1, 0.15) is 25.5 Å². The molecular formula is C11H17NO. The first-order valence-electron chi connectivity index (χ1n) is 4.66. The van der Waals surface area contributed by atoms with Crippen molar-refractivity contribution in [3.05, 3.63) is 35.9 Å². The van der Waals surface area contributed by atoms with E-state index in [1.54, 1.807) is 6.92 Å². The highest BCUT2D eigenvalue weighted by Gasteiger charge is 2.04. The van der Waals surface area contributed by atoms with E-state index in [0.717, 1.165) is 0 Å². The molecule has 0 spiro atoms. The lowest BCUT2D eigenvalue weighted by Crippen LogP contribution is -2.27. The Morgan fingerprint density at radius 3 is 2.38 bits per heavy atom. The highest BCUT2D eigenvalue weighted by Crippen LogP contribution is 2.10. The third-order valence-electron chi connectivity index (χ3n) is 2.02. The van der Waals surface area contributed by atoms with E-state index in [1.807, 2.05) is 18.2 Å². The van der Waals surface area contributed by atoms with Gasteiger partial charge in [-0.15, -0.1) is 0 Å². The predicted octanol–water partition coefficient (Wildman–Crippen LogP) is 1.72. The van der Waals surface area contributed by atoms with Gasteiger partial charge < -0.3 is 10.4 Å². The first kappa shape index (κ1) is 10.2. The Bertz CT molecular complexity index is 233. The fourth-order valence-corrected chi connectivity index (χ4v) is 1.21. The maximum absolute atomic E-state index is 9.09. The van der Waals surface area contributed by atoms with Crippen LogP contribution in [-0.2, 0) is 0 Å². The van der Waals surface area contributed by atoms with Crippen LogP contribution >= 0.6 is 0 Å². The van der Waals surface area contributed by atoms with E-state index >= 15 is 0 Å². The van der Waals surface area contributed by atoms with Crippen LogP contribution in [0.5, 0.6) is 0 Å². The number of aliphatic hydroxyl groups excluding tert-OH is 1. The van der Waals surface area contributed by atoms with Crippen LogP contribution in [-0.4, -0.2) is 17.8 Å². The summed E-state index contributed by atoms with van der Waals surface area (Å²) in [6.45, 7) is 4.51. The predicted molar refractivity (Wildman–Crippen MR) is 54.5 cm³/mol. The van der Waals surface area contributed by atoms with Gasteiger partial charge in [-0.3, -0.25) is 0 Å². The summed E-state index contributed by atoms with van der Waals surface area (Å²) in [4.78, 5) is 0. The van der Waals surface area contributed by atoms with E-state index in [2.05, 4.69) is 24.4 Å². The molecule has 2 atom stereocenters. The van der Waals surface area contributed by atoms with Gasteiger partial charge in [-0.05, 0) is 19.4 Å². The molecule has 0 aliphatic carbocycles. The minimum absolute atomic E-state index is 0.286. The third-order valence-corrected chi connectivity index (χ3v) is 2.02. The minimum atomic E-state index is -0.286. The van der Waals surface area contributed by atoms with Gasteiger partial charge in [0.15, 0.2) is 0 Å². The zero-order valence-electron chi connectivity index (χ0n) is 8.20. The Kier molecular flexibility index (Phi) is 3.93. The van der Waals surface area contributed by atoms with Crippen molar-refractivity contribution in [3.63, 3.8) is 0 Å². The Hall–Kier alpha value is -0.860. The Labute approximate surface area is 79.6 Å². The maximum Gasteiger partial charge on any atom is 0.0636 e. The molecule has 0 saturated heterocycles. The Morgan fingerprint density at radius 2 is 1.85 bits per heavy atom. The highest BCUT2D eigenvalue weighted by molar-refractivity contribution is 5.17. The number of benzene rings is 1. The first-order valence-corrected chi connectivity index (χ1v) is 4.66. The average Bonchev–Trinajstić information content (AvgIpc) is 2.15. The molecule has 0 fully saturated rings. The lowest BCUT2D eigenvalue weighted by atomic mass is 10.1. The van der Waals surface area contributed by atoms with Crippen LogP contribution in [0.2, 0.25) is 0 Å². The molecule has 0 saturated carbocycles. The number of aliphatic hydroxyl groups is 1. The fraction of sp³-hybridized carbons (Fsp3) is 0.455.